The molecule has 1 aliphatic rings. The lowest BCUT2D eigenvalue weighted by Gasteiger charge is -2.14. The molecular formula is C17H17N3. The average Bonchev–Trinajstić information content (AvgIpc) is 2.91. The van der Waals surface area contributed by atoms with E-state index in [0.29, 0.717) is 0 Å². The maximum Gasteiger partial charge on any atom is 0.0954 e. The summed E-state index contributed by atoms with van der Waals surface area (Å²) in [5, 5.41) is 2.45. The Morgan fingerprint density at radius 2 is 2.00 bits per heavy atom. The summed E-state index contributed by atoms with van der Waals surface area (Å²) >= 11 is 0. The summed E-state index contributed by atoms with van der Waals surface area (Å²) in [6.07, 6.45) is 10.7. The lowest BCUT2D eigenvalue weighted by Crippen LogP contribution is -2.08. The fourth-order valence-electron chi connectivity index (χ4n) is 3.10. The molecule has 0 saturated heterocycles. The van der Waals surface area contributed by atoms with Crippen molar-refractivity contribution in [3.05, 3.63) is 59.9 Å². The van der Waals surface area contributed by atoms with Crippen molar-refractivity contribution < 1.29 is 0 Å². The Hall–Kier alpha value is -2.16. The predicted molar refractivity (Wildman–Crippen MR) is 79.7 cm³/mol. The van der Waals surface area contributed by atoms with Crippen LogP contribution in [0.2, 0.25) is 0 Å². The Balaban J connectivity index is 1.68. The molecule has 3 nitrogen and oxygen atoms in total. The molecule has 3 aromatic rings. The van der Waals surface area contributed by atoms with Gasteiger partial charge in [-0.25, -0.2) is 4.98 Å². The van der Waals surface area contributed by atoms with Gasteiger partial charge in [0.05, 0.1) is 12.0 Å². The fourth-order valence-corrected chi connectivity index (χ4v) is 3.10. The van der Waals surface area contributed by atoms with Gasteiger partial charge in [0, 0.05) is 30.0 Å². The number of hydrogen-bond donors (Lipinski definition) is 0. The molecule has 0 N–H and O–H groups in total. The quantitative estimate of drug-likeness (QED) is 0.710. The van der Waals surface area contributed by atoms with Gasteiger partial charge in [0.25, 0.3) is 0 Å². The molecule has 2 heterocycles. The fraction of sp³-hybridized carbons (Fsp3) is 0.294. The minimum absolute atomic E-state index is 0.917. The van der Waals surface area contributed by atoms with E-state index in [1.807, 2.05) is 18.7 Å². The molecule has 3 heteroatoms. The van der Waals surface area contributed by atoms with E-state index >= 15 is 0 Å². The molecule has 0 fully saturated rings. The first-order valence-corrected chi connectivity index (χ1v) is 7.26. The molecule has 1 aromatic carbocycles. The third kappa shape index (κ3) is 1.99. The third-order valence-corrected chi connectivity index (χ3v) is 4.17. The normalized spacial score (nSPS) is 14.4. The number of rotatable bonds is 2. The second-order valence-corrected chi connectivity index (χ2v) is 5.53. The van der Waals surface area contributed by atoms with E-state index in [9.17, 15) is 0 Å². The highest BCUT2D eigenvalue weighted by Crippen LogP contribution is 2.22. The molecule has 20 heavy (non-hydrogen) atoms. The number of nitrogens with zero attached hydrogens (tertiary/aromatic N) is 3. The summed E-state index contributed by atoms with van der Waals surface area (Å²) in [5.74, 6) is 0. The highest BCUT2D eigenvalue weighted by Gasteiger charge is 2.15. The van der Waals surface area contributed by atoms with Crippen molar-refractivity contribution in [3.63, 3.8) is 0 Å². The van der Waals surface area contributed by atoms with Gasteiger partial charge < -0.3 is 4.57 Å². The van der Waals surface area contributed by atoms with Crippen LogP contribution >= 0.6 is 0 Å². The summed E-state index contributed by atoms with van der Waals surface area (Å²) in [4.78, 5) is 8.73. The molecule has 0 radical (unpaired) electrons. The van der Waals surface area contributed by atoms with Crippen LogP contribution in [0, 0.1) is 0 Å². The van der Waals surface area contributed by atoms with E-state index in [4.69, 9.17) is 0 Å². The average molecular weight is 263 g/mol. The van der Waals surface area contributed by atoms with Gasteiger partial charge in [-0.2, -0.15) is 0 Å². The first-order chi connectivity index (χ1) is 9.90. The number of aromatic nitrogens is 3. The summed E-state index contributed by atoms with van der Waals surface area (Å²) in [5.41, 5.74) is 4.07. The van der Waals surface area contributed by atoms with Gasteiger partial charge in [0.2, 0.25) is 0 Å². The monoisotopic (exact) mass is 263 g/mol. The minimum Gasteiger partial charge on any atom is -0.330 e. The van der Waals surface area contributed by atoms with Crippen molar-refractivity contribution in [1.29, 1.82) is 0 Å². The van der Waals surface area contributed by atoms with Crippen LogP contribution in [0.3, 0.4) is 0 Å². The van der Waals surface area contributed by atoms with E-state index in [1.54, 1.807) is 0 Å². The van der Waals surface area contributed by atoms with E-state index in [1.165, 1.54) is 47.0 Å². The lowest BCUT2D eigenvalue weighted by atomic mass is 10.0. The van der Waals surface area contributed by atoms with E-state index < -0.39 is 0 Å². The van der Waals surface area contributed by atoms with E-state index in [0.717, 1.165) is 13.0 Å². The highest BCUT2D eigenvalue weighted by molar-refractivity contribution is 5.81. The molecule has 0 unspecified atom stereocenters. The molecule has 0 spiro atoms. The zero-order valence-electron chi connectivity index (χ0n) is 11.4. The van der Waals surface area contributed by atoms with Crippen molar-refractivity contribution in [2.24, 2.45) is 0 Å². The summed E-state index contributed by atoms with van der Waals surface area (Å²) in [6, 6.07) is 8.68. The number of hydrogen-bond acceptors (Lipinski definition) is 2. The van der Waals surface area contributed by atoms with Gasteiger partial charge in [-0.05, 0) is 48.8 Å². The number of aryl methyl sites for hydroxylation is 1. The summed E-state index contributed by atoms with van der Waals surface area (Å²) < 4.78 is 2.32. The maximum absolute atomic E-state index is 4.57. The van der Waals surface area contributed by atoms with Crippen LogP contribution in [-0.4, -0.2) is 14.5 Å². The Labute approximate surface area is 118 Å². The second-order valence-electron chi connectivity index (χ2n) is 5.53. The van der Waals surface area contributed by atoms with Crippen LogP contribution in [0.1, 0.15) is 29.8 Å². The zero-order valence-corrected chi connectivity index (χ0v) is 11.4. The van der Waals surface area contributed by atoms with Gasteiger partial charge >= 0.3 is 0 Å². The Bertz CT molecular complexity index is 758. The molecular weight excluding hydrogens is 246 g/mol. The first-order valence-electron chi connectivity index (χ1n) is 7.26. The lowest BCUT2D eigenvalue weighted by molar-refractivity contribution is 0.629. The van der Waals surface area contributed by atoms with Crippen LogP contribution in [0.4, 0.5) is 0 Å². The Morgan fingerprint density at radius 1 is 1.05 bits per heavy atom. The van der Waals surface area contributed by atoms with Crippen molar-refractivity contribution in [1.82, 2.24) is 14.5 Å². The standard InChI is InChI=1S/C17H17N3/c1-2-4-17-16(3-1)19-12-20(17)11-13-5-6-15-10-18-8-7-14(15)9-13/h5-10,12H,1-4,11H2. The SMILES string of the molecule is c1cc2cc(Cn3cnc4c3CCCC4)ccc2cn1. The Morgan fingerprint density at radius 3 is 3.00 bits per heavy atom. The van der Waals surface area contributed by atoms with Crippen molar-refractivity contribution >= 4 is 10.8 Å². The zero-order chi connectivity index (χ0) is 13.4. The molecule has 0 amide bonds. The number of benzene rings is 1. The van der Waals surface area contributed by atoms with Gasteiger partial charge in [-0.1, -0.05) is 12.1 Å². The molecule has 1 aliphatic carbocycles. The van der Waals surface area contributed by atoms with Gasteiger partial charge in [0.15, 0.2) is 0 Å². The smallest absolute Gasteiger partial charge is 0.0954 e. The first kappa shape index (κ1) is 11.6. The van der Waals surface area contributed by atoms with Crippen molar-refractivity contribution in [3.8, 4) is 0 Å². The van der Waals surface area contributed by atoms with Crippen LogP contribution in [-0.2, 0) is 19.4 Å². The molecule has 2 aromatic heterocycles. The van der Waals surface area contributed by atoms with Crippen LogP contribution in [0.5, 0.6) is 0 Å². The molecule has 0 aliphatic heterocycles. The van der Waals surface area contributed by atoms with Crippen molar-refractivity contribution in [2.75, 3.05) is 0 Å². The predicted octanol–water partition coefficient (Wildman–Crippen LogP) is 3.36. The minimum atomic E-state index is 0.917. The Kier molecular flexibility index (Phi) is 2.76. The molecule has 100 valence electrons. The summed E-state index contributed by atoms with van der Waals surface area (Å²) in [6.45, 7) is 0.917. The molecule has 4 rings (SSSR count). The number of imidazole rings is 1. The van der Waals surface area contributed by atoms with Crippen LogP contribution in [0.25, 0.3) is 10.8 Å². The van der Waals surface area contributed by atoms with Gasteiger partial charge in [0.1, 0.15) is 0 Å². The number of fused-ring (bicyclic) bond motifs is 2. The van der Waals surface area contributed by atoms with E-state index in [2.05, 4.69) is 38.8 Å². The molecule has 0 bridgehead atoms. The molecule has 0 atom stereocenters. The van der Waals surface area contributed by atoms with Crippen LogP contribution in [0.15, 0.2) is 43.0 Å². The molecule has 0 saturated carbocycles. The van der Waals surface area contributed by atoms with Gasteiger partial charge in [-0.15, -0.1) is 0 Å². The maximum atomic E-state index is 4.57. The highest BCUT2D eigenvalue weighted by atomic mass is 15.1. The summed E-state index contributed by atoms with van der Waals surface area (Å²) in [7, 11) is 0. The largest absolute Gasteiger partial charge is 0.330 e. The van der Waals surface area contributed by atoms with E-state index in [-0.39, 0.29) is 0 Å². The number of pyridine rings is 1. The van der Waals surface area contributed by atoms with Crippen LogP contribution < -0.4 is 0 Å². The third-order valence-electron chi connectivity index (χ3n) is 4.17. The second kappa shape index (κ2) is 4.75. The van der Waals surface area contributed by atoms with Gasteiger partial charge in [-0.3, -0.25) is 4.98 Å². The topological polar surface area (TPSA) is 30.7 Å². The van der Waals surface area contributed by atoms with Crippen molar-refractivity contribution in [2.45, 2.75) is 32.2 Å².